The number of halogens is 5. The first-order chi connectivity index (χ1) is 15.1. The van der Waals surface area contributed by atoms with Crippen molar-refractivity contribution in [3.63, 3.8) is 0 Å². The molecule has 32 heavy (non-hydrogen) atoms. The van der Waals surface area contributed by atoms with Crippen molar-refractivity contribution in [2.24, 2.45) is 0 Å². The lowest BCUT2D eigenvalue weighted by atomic mass is 9.85. The summed E-state index contributed by atoms with van der Waals surface area (Å²) in [7, 11) is 0. The van der Waals surface area contributed by atoms with Crippen molar-refractivity contribution in [2.75, 3.05) is 0 Å². The van der Waals surface area contributed by atoms with Crippen molar-refractivity contribution >= 4 is 0 Å². The number of hydrogen-bond acceptors (Lipinski definition) is 6. The van der Waals surface area contributed by atoms with Crippen LogP contribution in [0.2, 0.25) is 0 Å². The third-order valence-corrected chi connectivity index (χ3v) is 4.72. The van der Waals surface area contributed by atoms with E-state index in [4.69, 9.17) is 0 Å². The van der Waals surface area contributed by atoms with E-state index in [1.54, 1.807) is 26.0 Å². The number of hydrogen-bond donors (Lipinski definition) is 0. The quantitative estimate of drug-likeness (QED) is 0.346. The van der Waals surface area contributed by atoms with E-state index in [2.05, 4.69) is 30.0 Å². The first-order valence-corrected chi connectivity index (χ1v) is 9.18. The molecule has 0 amide bonds. The largest absolute Gasteiger partial charge is 0.435 e. The Morgan fingerprint density at radius 2 is 1.47 bits per heavy atom. The maximum atomic E-state index is 14.1. The van der Waals surface area contributed by atoms with E-state index in [1.165, 1.54) is 18.5 Å². The molecule has 0 radical (unpaired) electrons. The number of aromatic nitrogens is 7. The van der Waals surface area contributed by atoms with Crippen LogP contribution in [0.3, 0.4) is 0 Å². The van der Waals surface area contributed by atoms with Crippen molar-refractivity contribution < 1.29 is 22.0 Å². The van der Waals surface area contributed by atoms with Crippen LogP contribution in [0, 0.1) is 11.9 Å². The van der Waals surface area contributed by atoms with Gasteiger partial charge in [-0.1, -0.05) is 0 Å². The molecule has 0 aliphatic rings. The molecular weight excluding hydrogens is 433 g/mol. The van der Waals surface area contributed by atoms with E-state index in [1.807, 2.05) is 0 Å². The standard InChI is InChI=1S/C20H14F5N7/c1-19(2,12-5-8-26-17(28-12)11-3-4-15(21)30-16(11)22)13-6-9-27-18(29-13)32-10-7-14(31-32)20(23,24)25/h3-10H,1-2H3. The van der Waals surface area contributed by atoms with Gasteiger partial charge in [-0.05, 0) is 44.2 Å². The van der Waals surface area contributed by atoms with Crippen LogP contribution < -0.4 is 0 Å². The smallest absolute Gasteiger partial charge is 0.236 e. The minimum Gasteiger partial charge on any atom is -0.236 e. The highest BCUT2D eigenvalue weighted by Gasteiger charge is 2.34. The number of nitrogens with zero attached hydrogens (tertiary/aromatic N) is 7. The Morgan fingerprint density at radius 3 is 2.12 bits per heavy atom. The highest BCUT2D eigenvalue weighted by atomic mass is 19.4. The van der Waals surface area contributed by atoms with Gasteiger partial charge in [0.15, 0.2) is 11.5 Å². The second kappa shape index (κ2) is 7.70. The summed E-state index contributed by atoms with van der Waals surface area (Å²) in [6.07, 6.45) is -0.681. The third-order valence-electron chi connectivity index (χ3n) is 4.72. The fraction of sp³-hybridized carbons (Fsp3) is 0.200. The van der Waals surface area contributed by atoms with Gasteiger partial charge in [-0.3, -0.25) is 0 Å². The zero-order chi connectivity index (χ0) is 23.1. The fourth-order valence-corrected chi connectivity index (χ4v) is 2.94. The Bertz CT molecular complexity index is 1280. The SMILES string of the molecule is CC(C)(c1ccnc(-c2ccc(F)nc2F)n1)c1ccnc(-n2ccc(C(F)(F)F)n2)n1. The molecule has 0 saturated heterocycles. The molecule has 0 fully saturated rings. The maximum absolute atomic E-state index is 14.1. The van der Waals surface area contributed by atoms with Gasteiger partial charge in [-0.25, -0.2) is 24.6 Å². The molecule has 4 heterocycles. The normalized spacial score (nSPS) is 12.2. The summed E-state index contributed by atoms with van der Waals surface area (Å²) in [6, 6.07) is 6.18. The Hall–Kier alpha value is -3.83. The van der Waals surface area contributed by atoms with E-state index < -0.39 is 29.2 Å². The van der Waals surface area contributed by atoms with Crippen LogP contribution in [0.5, 0.6) is 0 Å². The Kier molecular flexibility index (Phi) is 5.15. The number of pyridine rings is 1. The second-order valence-corrected chi connectivity index (χ2v) is 7.25. The van der Waals surface area contributed by atoms with Crippen LogP contribution in [0.1, 0.15) is 30.9 Å². The lowest BCUT2D eigenvalue weighted by Gasteiger charge is -2.24. The van der Waals surface area contributed by atoms with Gasteiger partial charge in [0.2, 0.25) is 11.9 Å². The molecule has 164 valence electrons. The van der Waals surface area contributed by atoms with Crippen LogP contribution in [0.4, 0.5) is 22.0 Å². The summed E-state index contributed by atoms with van der Waals surface area (Å²) in [5.41, 5.74) is -1.16. The van der Waals surface area contributed by atoms with E-state index in [0.29, 0.717) is 11.4 Å². The van der Waals surface area contributed by atoms with Gasteiger partial charge in [0, 0.05) is 24.0 Å². The molecule has 4 aromatic rings. The summed E-state index contributed by atoms with van der Waals surface area (Å²) >= 11 is 0. The summed E-state index contributed by atoms with van der Waals surface area (Å²) in [6.45, 7) is 3.55. The Balaban J connectivity index is 1.71. The van der Waals surface area contributed by atoms with Crippen molar-refractivity contribution in [1.82, 2.24) is 34.7 Å². The number of alkyl halides is 3. The lowest BCUT2D eigenvalue weighted by molar-refractivity contribution is -0.141. The predicted octanol–water partition coefficient (Wildman–Crippen LogP) is 4.14. The molecule has 12 heteroatoms. The van der Waals surface area contributed by atoms with Gasteiger partial charge in [0.1, 0.15) is 0 Å². The monoisotopic (exact) mass is 447 g/mol. The summed E-state index contributed by atoms with van der Waals surface area (Å²) in [5.74, 6) is -2.09. The molecule has 0 saturated carbocycles. The predicted molar refractivity (Wildman–Crippen MR) is 101 cm³/mol. The fourth-order valence-electron chi connectivity index (χ4n) is 2.94. The molecular formula is C20H14F5N7. The van der Waals surface area contributed by atoms with Gasteiger partial charge in [-0.15, -0.1) is 0 Å². The third kappa shape index (κ3) is 4.03. The van der Waals surface area contributed by atoms with Gasteiger partial charge in [0.25, 0.3) is 5.95 Å². The molecule has 4 aromatic heterocycles. The van der Waals surface area contributed by atoms with Gasteiger partial charge < -0.3 is 0 Å². The number of rotatable bonds is 4. The molecule has 0 aliphatic carbocycles. The highest BCUT2D eigenvalue weighted by Crippen LogP contribution is 2.31. The first kappa shape index (κ1) is 21.4. The molecule has 4 rings (SSSR count). The molecule has 0 aromatic carbocycles. The Morgan fingerprint density at radius 1 is 0.781 bits per heavy atom. The molecule has 0 aliphatic heterocycles. The van der Waals surface area contributed by atoms with E-state index in [9.17, 15) is 22.0 Å². The maximum Gasteiger partial charge on any atom is 0.435 e. The minimum absolute atomic E-state index is 0.00301. The molecule has 0 unspecified atom stereocenters. The average Bonchev–Trinajstić information content (AvgIpc) is 3.25. The molecule has 0 atom stereocenters. The topological polar surface area (TPSA) is 82.3 Å². The average molecular weight is 447 g/mol. The zero-order valence-corrected chi connectivity index (χ0v) is 16.6. The van der Waals surface area contributed by atoms with Crippen LogP contribution in [0.25, 0.3) is 17.3 Å². The lowest BCUT2D eigenvalue weighted by Crippen LogP contribution is -2.24. The molecule has 0 spiro atoms. The molecule has 7 nitrogen and oxygen atoms in total. The first-order valence-electron chi connectivity index (χ1n) is 9.18. The van der Waals surface area contributed by atoms with Crippen LogP contribution in [-0.4, -0.2) is 34.7 Å². The van der Waals surface area contributed by atoms with Crippen molar-refractivity contribution in [3.05, 3.63) is 77.9 Å². The van der Waals surface area contributed by atoms with Crippen LogP contribution >= 0.6 is 0 Å². The summed E-state index contributed by atoms with van der Waals surface area (Å²) in [4.78, 5) is 19.9. The van der Waals surface area contributed by atoms with Gasteiger partial charge in [-0.2, -0.15) is 32.0 Å². The molecule has 0 bridgehead atoms. The summed E-state index contributed by atoms with van der Waals surface area (Å²) in [5, 5.41) is 3.48. The van der Waals surface area contributed by atoms with Gasteiger partial charge >= 0.3 is 6.18 Å². The second-order valence-electron chi connectivity index (χ2n) is 7.25. The van der Waals surface area contributed by atoms with Crippen LogP contribution in [-0.2, 0) is 11.6 Å². The summed E-state index contributed by atoms with van der Waals surface area (Å²) < 4.78 is 66.7. The van der Waals surface area contributed by atoms with Crippen molar-refractivity contribution in [2.45, 2.75) is 25.4 Å². The highest BCUT2D eigenvalue weighted by molar-refractivity contribution is 5.54. The molecule has 0 N–H and O–H groups in total. The van der Waals surface area contributed by atoms with Gasteiger partial charge in [0.05, 0.1) is 17.0 Å². The van der Waals surface area contributed by atoms with E-state index >= 15 is 0 Å². The van der Waals surface area contributed by atoms with E-state index in [-0.39, 0.29) is 17.3 Å². The zero-order valence-electron chi connectivity index (χ0n) is 16.6. The van der Waals surface area contributed by atoms with Crippen molar-refractivity contribution in [1.29, 1.82) is 0 Å². The Labute approximate surface area is 178 Å². The van der Waals surface area contributed by atoms with Crippen LogP contribution in [0.15, 0.2) is 48.9 Å². The van der Waals surface area contributed by atoms with E-state index in [0.717, 1.165) is 23.0 Å². The minimum atomic E-state index is -4.59. The van der Waals surface area contributed by atoms with Crippen molar-refractivity contribution in [3.8, 4) is 17.3 Å².